The number of sulfonamides is 1. The van der Waals surface area contributed by atoms with Crippen molar-refractivity contribution in [1.82, 2.24) is 19.1 Å². The molecule has 0 unspecified atom stereocenters. The number of hydrogen-bond acceptors (Lipinski definition) is 6. The molecule has 1 aromatic carbocycles. The number of carbonyl (C=O) groups is 2. The Morgan fingerprint density at radius 3 is 2.10 bits per heavy atom. The maximum Gasteiger partial charge on any atom is 0.261 e. The maximum atomic E-state index is 12.6. The summed E-state index contributed by atoms with van der Waals surface area (Å²) in [6, 6.07) is 10.0. The van der Waals surface area contributed by atoms with Gasteiger partial charge in [0.05, 0.1) is 11.1 Å². The van der Waals surface area contributed by atoms with Crippen molar-refractivity contribution in [2.45, 2.75) is 11.3 Å². The van der Waals surface area contributed by atoms with Crippen molar-refractivity contribution in [3.8, 4) is 0 Å². The molecule has 1 fully saturated rings. The number of piperazine rings is 1. The first-order chi connectivity index (χ1) is 14.0. The van der Waals surface area contributed by atoms with Crippen LogP contribution in [-0.4, -0.2) is 78.6 Å². The van der Waals surface area contributed by atoms with Crippen LogP contribution in [0.1, 0.15) is 27.1 Å². The van der Waals surface area contributed by atoms with Gasteiger partial charge in [0.15, 0.2) is 0 Å². The predicted molar refractivity (Wildman–Crippen MR) is 106 cm³/mol. The Kier molecular flexibility index (Phi) is 5.44. The number of carbonyl (C=O) groups excluding carboxylic acids is 2. The third-order valence-electron chi connectivity index (χ3n) is 5.34. The molecular weight excluding hydrogens is 392 g/mol. The highest BCUT2D eigenvalue weighted by Gasteiger charge is 2.35. The Hall–Kier alpha value is -2.62. The van der Waals surface area contributed by atoms with Crippen molar-refractivity contribution < 1.29 is 18.0 Å². The average Bonchev–Trinajstić information content (AvgIpc) is 3.00. The molecule has 3 heterocycles. The van der Waals surface area contributed by atoms with E-state index in [1.807, 2.05) is 0 Å². The first-order valence-electron chi connectivity index (χ1n) is 9.56. The fraction of sp³-hybridized carbons (Fsp3) is 0.350. The fourth-order valence-electron chi connectivity index (χ4n) is 3.74. The minimum absolute atomic E-state index is 0.207. The molecule has 0 radical (unpaired) electrons. The number of nitrogens with zero attached hydrogens (tertiary/aromatic N) is 4. The van der Waals surface area contributed by atoms with Gasteiger partial charge in [-0.15, -0.1) is 0 Å². The van der Waals surface area contributed by atoms with Crippen molar-refractivity contribution in [2.24, 2.45) is 0 Å². The van der Waals surface area contributed by atoms with Gasteiger partial charge < -0.3 is 4.90 Å². The van der Waals surface area contributed by atoms with E-state index in [-0.39, 0.29) is 16.7 Å². The molecule has 2 aromatic rings. The second-order valence-corrected chi connectivity index (χ2v) is 9.03. The van der Waals surface area contributed by atoms with Crippen molar-refractivity contribution in [2.75, 3.05) is 39.3 Å². The van der Waals surface area contributed by atoms with Crippen LogP contribution in [0.2, 0.25) is 0 Å². The maximum absolute atomic E-state index is 12.6. The summed E-state index contributed by atoms with van der Waals surface area (Å²) in [6.07, 6.45) is 3.57. The molecule has 2 amide bonds. The van der Waals surface area contributed by atoms with Crippen LogP contribution in [0.3, 0.4) is 0 Å². The Balaban J connectivity index is 1.27. The molecule has 1 saturated heterocycles. The summed E-state index contributed by atoms with van der Waals surface area (Å²) in [5.74, 6) is -0.476. The second-order valence-electron chi connectivity index (χ2n) is 7.10. The number of pyridine rings is 1. The van der Waals surface area contributed by atoms with Gasteiger partial charge in [-0.05, 0) is 37.2 Å². The Morgan fingerprint density at radius 1 is 0.862 bits per heavy atom. The lowest BCUT2D eigenvalue weighted by atomic mass is 10.1. The summed E-state index contributed by atoms with van der Waals surface area (Å²) >= 11 is 0. The summed E-state index contributed by atoms with van der Waals surface area (Å²) in [6.45, 7) is 3.10. The van der Waals surface area contributed by atoms with E-state index in [1.54, 1.807) is 42.6 Å². The van der Waals surface area contributed by atoms with Crippen LogP contribution in [0.25, 0.3) is 0 Å². The van der Waals surface area contributed by atoms with Gasteiger partial charge in [-0.25, -0.2) is 8.42 Å². The normalized spacial score (nSPS) is 18.3. The third kappa shape index (κ3) is 3.81. The average molecular weight is 414 g/mol. The van der Waals surface area contributed by atoms with E-state index < -0.39 is 10.0 Å². The quantitative estimate of drug-likeness (QED) is 0.657. The molecular formula is C20H22N4O4S. The summed E-state index contributed by atoms with van der Waals surface area (Å²) < 4.78 is 26.8. The molecule has 0 spiro atoms. The van der Waals surface area contributed by atoms with Gasteiger partial charge in [0, 0.05) is 45.1 Å². The van der Waals surface area contributed by atoms with Crippen molar-refractivity contribution in [3.63, 3.8) is 0 Å². The number of amides is 2. The predicted octanol–water partition coefficient (Wildman–Crippen LogP) is 1.07. The molecule has 0 aliphatic carbocycles. The van der Waals surface area contributed by atoms with Crippen LogP contribution >= 0.6 is 0 Å². The van der Waals surface area contributed by atoms with Crippen molar-refractivity contribution in [3.05, 3.63) is 59.9 Å². The van der Waals surface area contributed by atoms with Gasteiger partial charge >= 0.3 is 0 Å². The SMILES string of the molecule is O=C1c2ccccc2C(=O)N1CCCN1CCN(S(=O)(=O)c2cccnc2)CC1. The van der Waals surface area contributed by atoms with Gasteiger partial charge in [0.2, 0.25) is 10.0 Å². The number of hydrogen-bond donors (Lipinski definition) is 0. The Morgan fingerprint density at radius 2 is 1.52 bits per heavy atom. The molecule has 2 aliphatic rings. The lowest BCUT2D eigenvalue weighted by Gasteiger charge is -2.34. The van der Waals surface area contributed by atoms with E-state index in [4.69, 9.17) is 0 Å². The van der Waals surface area contributed by atoms with Gasteiger partial charge in [-0.3, -0.25) is 19.5 Å². The second kappa shape index (κ2) is 8.02. The zero-order valence-corrected chi connectivity index (χ0v) is 16.7. The van der Waals surface area contributed by atoms with Gasteiger partial charge in [0.1, 0.15) is 4.90 Å². The topological polar surface area (TPSA) is 90.9 Å². The van der Waals surface area contributed by atoms with Crippen LogP contribution in [0.15, 0.2) is 53.7 Å². The lowest BCUT2D eigenvalue weighted by Crippen LogP contribution is -2.49. The number of benzene rings is 1. The number of imide groups is 1. The minimum Gasteiger partial charge on any atom is -0.301 e. The molecule has 0 bridgehead atoms. The number of rotatable bonds is 6. The van der Waals surface area contributed by atoms with Crippen molar-refractivity contribution in [1.29, 1.82) is 0 Å². The van der Waals surface area contributed by atoms with Crippen molar-refractivity contribution >= 4 is 21.8 Å². The molecule has 1 aromatic heterocycles. The van der Waals surface area contributed by atoms with E-state index in [9.17, 15) is 18.0 Å². The largest absolute Gasteiger partial charge is 0.301 e. The standard InChI is InChI=1S/C20H22N4O4S/c25-19-17-6-1-2-7-18(17)20(26)24(19)10-4-9-22-11-13-23(14-12-22)29(27,28)16-5-3-8-21-15-16/h1-3,5-8,15H,4,9-14H2. The van der Waals surface area contributed by atoms with Crippen LogP contribution in [-0.2, 0) is 10.0 Å². The van der Waals surface area contributed by atoms with Crippen LogP contribution in [0.5, 0.6) is 0 Å². The summed E-state index contributed by atoms with van der Waals surface area (Å²) in [5.41, 5.74) is 0.929. The highest BCUT2D eigenvalue weighted by Crippen LogP contribution is 2.22. The number of aromatic nitrogens is 1. The summed E-state index contributed by atoms with van der Waals surface area (Å²) in [7, 11) is -3.52. The Labute approximate surface area is 169 Å². The smallest absolute Gasteiger partial charge is 0.261 e. The van der Waals surface area contributed by atoms with Gasteiger partial charge in [0.25, 0.3) is 11.8 Å². The molecule has 152 valence electrons. The lowest BCUT2D eigenvalue weighted by molar-refractivity contribution is 0.0644. The summed E-state index contributed by atoms with van der Waals surface area (Å²) in [4.78, 5) is 32.3. The van der Waals surface area contributed by atoms with Gasteiger partial charge in [-0.2, -0.15) is 4.31 Å². The van der Waals surface area contributed by atoms with E-state index in [2.05, 4.69) is 9.88 Å². The van der Waals surface area contributed by atoms with Crippen LogP contribution in [0, 0.1) is 0 Å². The molecule has 0 N–H and O–H groups in total. The first kappa shape index (κ1) is 19.7. The zero-order chi connectivity index (χ0) is 20.4. The number of fused-ring (bicyclic) bond motifs is 1. The third-order valence-corrected chi connectivity index (χ3v) is 7.22. The summed E-state index contributed by atoms with van der Waals surface area (Å²) in [5, 5.41) is 0. The highest BCUT2D eigenvalue weighted by molar-refractivity contribution is 7.89. The Bertz CT molecular complexity index is 983. The minimum atomic E-state index is -3.52. The van der Waals surface area contributed by atoms with Crippen LogP contribution < -0.4 is 0 Å². The molecule has 2 aliphatic heterocycles. The first-order valence-corrected chi connectivity index (χ1v) is 11.0. The monoisotopic (exact) mass is 414 g/mol. The van der Waals surface area contributed by atoms with Gasteiger partial charge in [-0.1, -0.05) is 12.1 Å². The molecule has 29 heavy (non-hydrogen) atoms. The highest BCUT2D eigenvalue weighted by atomic mass is 32.2. The fourth-order valence-corrected chi connectivity index (χ4v) is 5.12. The molecule has 0 atom stereocenters. The van der Waals surface area contributed by atoms with Crippen LogP contribution in [0.4, 0.5) is 0 Å². The molecule has 9 heteroatoms. The van der Waals surface area contributed by atoms with E-state index in [1.165, 1.54) is 15.4 Å². The molecule has 0 saturated carbocycles. The van der Waals surface area contributed by atoms with E-state index in [0.29, 0.717) is 56.8 Å². The molecule has 4 rings (SSSR count). The zero-order valence-electron chi connectivity index (χ0n) is 15.9. The van der Waals surface area contributed by atoms with E-state index >= 15 is 0 Å². The molecule has 8 nitrogen and oxygen atoms in total. The van der Waals surface area contributed by atoms with E-state index in [0.717, 1.165) is 0 Å².